The molecule has 0 aliphatic carbocycles. The first-order valence-electron chi connectivity index (χ1n) is 10.7. The van der Waals surface area contributed by atoms with Crippen LogP contribution in [0.4, 0.5) is 5.00 Å². The van der Waals surface area contributed by atoms with Crippen LogP contribution in [-0.4, -0.2) is 61.0 Å². The van der Waals surface area contributed by atoms with Gasteiger partial charge in [0.15, 0.2) is 11.5 Å². The Morgan fingerprint density at radius 3 is 2.42 bits per heavy atom. The molecule has 2 amide bonds. The second kappa shape index (κ2) is 9.36. The lowest BCUT2D eigenvalue weighted by molar-refractivity contribution is -0.380. The van der Waals surface area contributed by atoms with Gasteiger partial charge in [0.05, 0.1) is 24.0 Å². The van der Waals surface area contributed by atoms with Gasteiger partial charge in [0.2, 0.25) is 5.91 Å². The number of hydrogen-bond donors (Lipinski definition) is 2. The number of ether oxygens (including phenoxy) is 2. The van der Waals surface area contributed by atoms with Crippen molar-refractivity contribution in [2.45, 2.75) is 31.3 Å². The summed E-state index contributed by atoms with van der Waals surface area (Å²) in [6, 6.07) is 6.57. The van der Waals surface area contributed by atoms with E-state index in [0.717, 1.165) is 22.5 Å². The normalized spacial score (nSPS) is 17.1. The van der Waals surface area contributed by atoms with E-state index in [1.165, 1.54) is 12.1 Å². The molecule has 33 heavy (non-hydrogen) atoms. The van der Waals surface area contributed by atoms with Crippen LogP contribution in [0.3, 0.4) is 0 Å². The van der Waals surface area contributed by atoms with Gasteiger partial charge in [0.1, 0.15) is 5.54 Å². The fraction of sp³-hybridized carbons (Fsp3) is 0.455. The van der Waals surface area contributed by atoms with Crippen molar-refractivity contribution in [2.75, 3.05) is 33.9 Å². The van der Waals surface area contributed by atoms with Crippen molar-refractivity contribution in [3.63, 3.8) is 0 Å². The summed E-state index contributed by atoms with van der Waals surface area (Å²) in [6.45, 7) is 2.11. The van der Waals surface area contributed by atoms with E-state index in [9.17, 15) is 19.7 Å². The fourth-order valence-corrected chi connectivity index (χ4v) is 5.15. The lowest BCUT2D eigenvalue weighted by Crippen LogP contribution is -2.63. The summed E-state index contributed by atoms with van der Waals surface area (Å²) in [5, 5.41) is 17.1. The van der Waals surface area contributed by atoms with Crippen LogP contribution >= 0.6 is 11.3 Å². The Morgan fingerprint density at radius 1 is 1.15 bits per heavy atom. The van der Waals surface area contributed by atoms with E-state index in [1.807, 2.05) is 12.1 Å². The number of carbonyl (C=O) groups is 2. The molecule has 0 unspecified atom stereocenters. The molecule has 10 nitrogen and oxygen atoms in total. The lowest BCUT2D eigenvalue weighted by Gasteiger charge is -2.42. The molecule has 4 rings (SSSR count). The number of rotatable bonds is 6. The van der Waals surface area contributed by atoms with Crippen LogP contribution in [0.5, 0.6) is 11.5 Å². The van der Waals surface area contributed by atoms with Crippen LogP contribution in [0, 0.1) is 10.1 Å². The summed E-state index contributed by atoms with van der Waals surface area (Å²) in [5.41, 5.74) is 1.03. The molecule has 0 atom stereocenters. The van der Waals surface area contributed by atoms with Gasteiger partial charge in [-0.05, 0) is 61.7 Å². The SMILES string of the molecule is COc1cc2c(cc1OC)CN(C(=O)C1(NC(=O)c3ccc([N+](=O)[O-])s3)CCNCC1)CC2. The zero-order valence-corrected chi connectivity index (χ0v) is 19.3. The third kappa shape index (κ3) is 4.51. The molecule has 176 valence electrons. The van der Waals surface area contributed by atoms with E-state index < -0.39 is 16.4 Å². The minimum absolute atomic E-state index is 0.108. The summed E-state index contributed by atoms with van der Waals surface area (Å²) in [4.78, 5) is 39.2. The molecular formula is C22H26N4O6S. The lowest BCUT2D eigenvalue weighted by atomic mass is 9.85. The van der Waals surface area contributed by atoms with Gasteiger partial charge >= 0.3 is 5.00 Å². The summed E-state index contributed by atoms with van der Waals surface area (Å²) >= 11 is 0.805. The zero-order valence-electron chi connectivity index (χ0n) is 18.5. The molecule has 3 heterocycles. The summed E-state index contributed by atoms with van der Waals surface area (Å²) in [7, 11) is 3.17. The largest absolute Gasteiger partial charge is 0.493 e. The first-order valence-corrected chi connectivity index (χ1v) is 11.5. The van der Waals surface area contributed by atoms with Gasteiger partial charge in [-0.1, -0.05) is 11.3 Å². The first kappa shape index (κ1) is 23.0. The standard InChI is InChI=1S/C22H26N4O6S/c1-31-16-11-14-5-10-25(13-15(14)12-17(16)32-2)21(28)22(6-8-23-9-7-22)24-20(27)18-3-4-19(33-18)26(29)30/h3-4,11-12,23H,5-10,13H2,1-2H3,(H,24,27). The van der Waals surface area contributed by atoms with Crippen molar-refractivity contribution >= 4 is 28.2 Å². The molecule has 1 aromatic carbocycles. The van der Waals surface area contributed by atoms with E-state index in [1.54, 1.807) is 19.1 Å². The van der Waals surface area contributed by atoms with Crippen LogP contribution in [0.15, 0.2) is 24.3 Å². The molecule has 1 saturated heterocycles. The van der Waals surface area contributed by atoms with E-state index >= 15 is 0 Å². The van der Waals surface area contributed by atoms with Gasteiger partial charge in [-0.15, -0.1) is 0 Å². The minimum atomic E-state index is -1.06. The summed E-state index contributed by atoms with van der Waals surface area (Å²) in [6.07, 6.45) is 1.56. The maximum atomic E-state index is 13.8. The smallest absolute Gasteiger partial charge is 0.324 e. The van der Waals surface area contributed by atoms with Crippen molar-refractivity contribution < 1.29 is 24.0 Å². The molecule has 1 aromatic heterocycles. The average Bonchev–Trinajstić information content (AvgIpc) is 3.34. The number of nitrogens with zero attached hydrogens (tertiary/aromatic N) is 2. The van der Waals surface area contributed by atoms with Crippen LogP contribution in [0.1, 0.15) is 33.6 Å². The molecule has 0 saturated carbocycles. The van der Waals surface area contributed by atoms with Gasteiger partial charge in [0.25, 0.3) is 5.91 Å². The number of thiophene rings is 1. The molecule has 11 heteroatoms. The highest BCUT2D eigenvalue weighted by molar-refractivity contribution is 7.17. The van der Waals surface area contributed by atoms with Gasteiger partial charge in [-0.2, -0.15) is 0 Å². The predicted octanol–water partition coefficient (Wildman–Crippen LogP) is 2.11. The molecular weight excluding hydrogens is 448 g/mol. The predicted molar refractivity (Wildman–Crippen MR) is 122 cm³/mol. The van der Waals surface area contributed by atoms with E-state index in [4.69, 9.17) is 9.47 Å². The Morgan fingerprint density at radius 2 is 1.82 bits per heavy atom. The molecule has 0 spiro atoms. The monoisotopic (exact) mass is 474 g/mol. The van der Waals surface area contributed by atoms with Gasteiger partial charge in [-0.3, -0.25) is 19.7 Å². The average molecular weight is 475 g/mol. The Kier molecular flexibility index (Phi) is 6.52. The number of nitrogens with one attached hydrogen (secondary N) is 2. The molecule has 0 bridgehead atoms. The molecule has 1 fully saturated rings. The second-order valence-electron chi connectivity index (χ2n) is 8.13. The van der Waals surface area contributed by atoms with Crippen LogP contribution in [0.25, 0.3) is 0 Å². The second-order valence-corrected chi connectivity index (χ2v) is 9.20. The van der Waals surface area contributed by atoms with Gasteiger partial charge in [0, 0.05) is 19.2 Å². The Hall–Kier alpha value is -3.18. The Bertz CT molecular complexity index is 1080. The Balaban J connectivity index is 1.56. The number of benzene rings is 1. The van der Waals surface area contributed by atoms with Crippen molar-refractivity contribution in [1.82, 2.24) is 15.5 Å². The quantitative estimate of drug-likeness (QED) is 0.486. The maximum Gasteiger partial charge on any atom is 0.324 e. The number of piperidine rings is 1. The number of amides is 2. The molecule has 2 aromatic rings. The number of hydrogen-bond acceptors (Lipinski definition) is 8. The van der Waals surface area contributed by atoms with Crippen molar-refractivity contribution in [1.29, 1.82) is 0 Å². The third-order valence-electron chi connectivity index (χ3n) is 6.22. The highest BCUT2D eigenvalue weighted by atomic mass is 32.1. The summed E-state index contributed by atoms with van der Waals surface area (Å²) < 4.78 is 10.8. The number of carbonyl (C=O) groups excluding carboxylic acids is 2. The van der Waals surface area contributed by atoms with E-state index in [0.29, 0.717) is 56.9 Å². The molecule has 0 radical (unpaired) electrons. The topological polar surface area (TPSA) is 123 Å². The van der Waals surface area contributed by atoms with Crippen molar-refractivity contribution in [3.05, 3.63) is 50.4 Å². The van der Waals surface area contributed by atoms with E-state index in [2.05, 4.69) is 10.6 Å². The minimum Gasteiger partial charge on any atom is -0.493 e. The maximum absolute atomic E-state index is 13.8. The zero-order chi connectivity index (χ0) is 23.6. The number of fused-ring (bicyclic) bond motifs is 1. The Labute approximate surface area is 195 Å². The van der Waals surface area contributed by atoms with E-state index in [-0.39, 0.29) is 15.8 Å². The van der Waals surface area contributed by atoms with Crippen LogP contribution in [0.2, 0.25) is 0 Å². The highest BCUT2D eigenvalue weighted by Gasteiger charge is 2.44. The van der Waals surface area contributed by atoms with Crippen molar-refractivity contribution in [3.8, 4) is 11.5 Å². The fourth-order valence-electron chi connectivity index (χ4n) is 4.43. The van der Waals surface area contributed by atoms with Crippen molar-refractivity contribution in [2.24, 2.45) is 0 Å². The highest BCUT2D eigenvalue weighted by Crippen LogP contribution is 2.34. The van der Waals surface area contributed by atoms with Crippen LogP contribution in [-0.2, 0) is 17.8 Å². The molecule has 2 N–H and O–H groups in total. The van der Waals surface area contributed by atoms with Gasteiger partial charge in [-0.25, -0.2) is 0 Å². The third-order valence-corrected chi connectivity index (χ3v) is 7.26. The number of methoxy groups -OCH3 is 2. The number of nitro groups is 1. The molecule has 2 aliphatic rings. The van der Waals surface area contributed by atoms with Crippen LogP contribution < -0.4 is 20.1 Å². The van der Waals surface area contributed by atoms with Gasteiger partial charge < -0.3 is 25.0 Å². The summed E-state index contributed by atoms with van der Waals surface area (Å²) in [5.74, 6) is 0.661. The molecule has 2 aliphatic heterocycles. The first-order chi connectivity index (χ1) is 15.9.